The zero-order chi connectivity index (χ0) is 17.6. The molecule has 0 radical (unpaired) electrons. The summed E-state index contributed by atoms with van der Waals surface area (Å²) < 4.78 is 5.32. The van der Waals surface area contributed by atoms with Crippen molar-refractivity contribution in [2.45, 2.75) is 40.3 Å². The fraction of sp³-hybridized carbons (Fsp3) is 0.471. The molecular formula is C17H23N7O. The lowest BCUT2D eigenvalue weighted by atomic mass is 10.1. The topological polar surface area (TPSA) is 96.6 Å². The van der Waals surface area contributed by atoms with Gasteiger partial charge in [0, 0.05) is 18.5 Å². The number of benzene rings is 1. The van der Waals surface area contributed by atoms with Crippen LogP contribution in [0, 0.1) is 5.92 Å². The van der Waals surface area contributed by atoms with Crippen molar-refractivity contribution in [3.8, 4) is 11.4 Å². The van der Waals surface area contributed by atoms with Gasteiger partial charge < -0.3 is 4.52 Å². The summed E-state index contributed by atoms with van der Waals surface area (Å²) in [4.78, 5) is 6.75. The molecule has 0 spiro atoms. The van der Waals surface area contributed by atoms with Gasteiger partial charge in [-0.05, 0) is 23.2 Å². The molecule has 0 atom stereocenters. The minimum atomic E-state index is 0.508. The van der Waals surface area contributed by atoms with Gasteiger partial charge in [0.15, 0.2) is 5.82 Å². The highest BCUT2D eigenvalue weighted by atomic mass is 16.5. The van der Waals surface area contributed by atoms with E-state index in [2.05, 4.69) is 68.6 Å². The molecule has 0 unspecified atom stereocenters. The van der Waals surface area contributed by atoms with Crippen LogP contribution in [0.2, 0.25) is 0 Å². The Morgan fingerprint density at radius 3 is 2.60 bits per heavy atom. The molecular weight excluding hydrogens is 318 g/mol. The molecule has 0 aliphatic carbocycles. The van der Waals surface area contributed by atoms with Gasteiger partial charge in [0.2, 0.25) is 11.7 Å². The molecule has 3 rings (SSSR count). The van der Waals surface area contributed by atoms with Gasteiger partial charge >= 0.3 is 0 Å². The van der Waals surface area contributed by atoms with E-state index in [1.54, 1.807) is 0 Å². The quantitative estimate of drug-likeness (QED) is 0.672. The van der Waals surface area contributed by atoms with Crippen LogP contribution in [0.25, 0.3) is 11.4 Å². The van der Waals surface area contributed by atoms with Gasteiger partial charge in [-0.1, -0.05) is 50.2 Å². The van der Waals surface area contributed by atoms with E-state index in [0.717, 1.165) is 30.9 Å². The van der Waals surface area contributed by atoms with Crippen molar-refractivity contribution < 1.29 is 4.52 Å². The number of H-pyrrole nitrogens is 1. The van der Waals surface area contributed by atoms with Gasteiger partial charge in [0.05, 0.1) is 6.54 Å². The fourth-order valence-corrected chi connectivity index (χ4v) is 2.57. The summed E-state index contributed by atoms with van der Waals surface area (Å²) in [5, 5.41) is 18.1. The van der Waals surface area contributed by atoms with E-state index in [4.69, 9.17) is 4.52 Å². The molecule has 1 aromatic carbocycles. The number of tetrazole rings is 1. The first-order valence-corrected chi connectivity index (χ1v) is 8.50. The lowest BCUT2D eigenvalue weighted by Gasteiger charge is -2.18. The molecule has 0 amide bonds. The highest BCUT2D eigenvalue weighted by Gasteiger charge is 2.12. The van der Waals surface area contributed by atoms with E-state index in [9.17, 15) is 0 Å². The van der Waals surface area contributed by atoms with Crippen LogP contribution in [0.4, 0.5) is 0 Å². The summed E-state index contributed by atoms with van der Waals surface area (Å²) in [6, 6.07) is 8.16. The van der Waals surface area contributed by atoms with Crippen molar-refractivity contribution in [2.75, 3.05) is 6.54 Å². The third kappa shape index (κ3) is 4.69. The monoisotopic (exact) mass is 341 g/mol. The Kier molecular flexibility index (Phi) is 5.49. The molecule has 132 valence electrons. The van der Waals surface area contributed by atoms with Crippen molar-refractivity contribution in [3.63, 3.8) is 0 Å². The Bertz CT molecular complexity index is 765. The average Bonchev–Trinajstić information content (AvgIpc) is 3.26. The number of nitrogens with one attached hydrogen (secondary N) is 1. The Balaban J connectivity index is 1.61. The summed E-state index contributed by atoms with van der Waals surface area (Å²) in [6.07, 6.45) is 0.816. The van der Waals surface area contributed by atoms with Crippen molar-refractivity contribution in [1.29, 1.82) is 0 Å². The van der Waals surface area contributed by atoms with E-state index in [1.165, 1.54) is 5.56 Å². The van der Waals surface area contributed by atoms with Gasteiger partial charge in [-0.2, -0.15) is 10.2 Å². The summed E-state index contributed by atoms with van der Waals surface area (Å²) in [5.41, 5.74) is 2.15. The Hall–Kier alpha value is -2.61. The molecule has 0 fully saturated rings. The van der Waals surface area contributed by atoms with Crippen molar-refractivity contribution >= 4 is 0 Å². The molecule has 0 saturated heterocycles. The highest BCUT2D eigenvalue weighted by molar-refractivity contribution is 5.54. The number of aromatic amines is 1. The van der Waals surface area contributed by atoms with Crippen molar-refractivity contribution in [1.82, 2.24) is 35.7 Å². The van der Waals surface area contributed by atoms with Gasteiger partial charge in [0.1, 0.15) is 0 Å². The molecule has 3 aromatic rings. The normalized spacial score (nSPS) is 11.6. The van der Waals surface area contributed by atoms with Crippen molar-refractivity contribution in [2.24, 2.45) is 5.92 Å². The van der Waals surface area contributed by atoms with Crippen LogP contribution in [0.15, 0.2) is 28.8 Å². The van der Waals surface area contributed by atoms with Crippen LogP contribution in [0.3, 0.4) is 0 Å². The van der Waals surface area contributed by atoms with Crippen molar-refractivity contribution in [3.05, 3.63) is 41.5 Å². The van der Waals surface area contributed by atoms with Gasteiger partial charge in [-0.3, -0.25) is 4.90 Å². The van der Waals surface area contributed by atoms with E-state index >= 15 is 0 Å². The Labute approximate surface area is 146 Å². The summed E-state index contributed by atoms with van der Waals surface area (Å²) in [5.74, 6) is 2.56. The Morgan fingerprint density at radius 2 is 1.96 bits per heavy atom. The predicted octanol–water partition coefficient (Wildman–Crippen LogP) is 2.47. The zero-order valence-electron chi connectivity index (χ0n) is 14.8. The molecule has 2 heterocycles. The first kappa shape index (κ1) is 17.2. The summed E-state index contributed by atoms with van der Waals surface area (Å²) >= 11 is 0. The molecule has 0 bridgehead atoms. The smallest absolute Gasteiger partial charge is 0.226 e. The second kappa shape index (κ2) is 7.98. The molecule has 1 N–H and O–H groups in total. The van der Waals surface area contributed by atoms with Crippen LogP contribution < -0.4 is 0 Å². The summed E-state index contributed by atoms with van der Waals surface area (Å²) in [6.45, 7) is 8.80. The number of aromatic nitrogens is 6. The molecule has 8 nitrogen and oxygen atoms in total. The number of nitrogens with zero attached hydrogens (tertiary/aromatic N) is 6. The predicted molar refractivity (Wildman–Crippen MR) is 92.2 cm³/mol. The van der Waals surface area contributed by atoms with E-state index in [0.29, 0.717) is 24.2 Å². The van der Waals surface area contributed by atoms with Crippen LogP contribution in [-0.4, -0.2) is 42.2 Å². The van der Waals surface area contributed by atoms with Crippen LogP contribution >= 0.6 is 0 Å². The SMILES string of the molecule is CCN(Cc1ccc(-c2nn[nH]n2)cc1)Cc1noc(CC(C)C)n1. The fourth-order valence-electron chi connectivity index (χ4n) is 2.57. The second-order valence-electron chi connectivity index (χ2n) is 6.44. The average molecular weight is 341 g/mol. The van der Waals surface area contributed by atoms with E-state index in [-0.39, 0.29) is 0 Å². The largest absolute Gasteiger partial charge is 0.339 e. The lowest BCUT2D eigenvalue weighted by molar-refractivity contribution is 0.258. The maximum Gasteiger partial charge on any atom is 0.226 e. The van der Waals surface area contributed by atoms with Gasteiger partial charge in [-0.15, -0.1) is 10.2 Å². The lowest BCUT2D eigenvalue weighted by Crippen LogP contribution is -2.23. The van der Waals surface area contributed by atoms with E-state index in [1.807, 2.05) is 12.1 Å². The minimum absolute atomic E-state index is 0.508. The van der Waals surface area contributed by atoms with Crippen LogP contribution in [-0.2, 0) is 19.5 Å². The van der Waals surface area contributed by atoms with Crippen LogP contribution in [0.1, 0.15) is 38.0 Å². The maximum atomic E-state index is 5.32. The molecule has 0 aliphatic rings. The third-order valence-corrected chi connectivity index (χ3v) is 3.87. The zero-order valence-corrected chi connectivity index (χ0v) is 14.8. The standard InChI is InChI=1S/C17H23N7O/c1-4-24(11-15-18-16(25-21-15)9-12(2)3)10-13-5-7-14(8-6-13)17-19-22-23-20-17/h5-8,12H,4,9-11H2,1-3H3,(H,19,20,22,23). The first-order valence-electron chi connectivity index (χ1n) is 8.50. The molecule has 0 saturated carbocycles. The molecule has 25 heavy (non-hydrogen) atoms. The summed E-state index contributed by atoms with van der Waals surface area (Å²) in [7, 11) is 0. The second-order valence-corrected chi connectivity index (χ2v) is 6.44. The molecule has 0 aliphatic heterocycles. The molecule has 8 heteroatoms. The van der Waals surface area contributed by atoms with Gasteiger partial charge in [0.25, 0.3) is 0 Å². The minimum Gasteiger partial charge on any atom is -0.339 e. The maximum absolute atomic E-state index is 5.32. The van der Waals surface area contributed by atoms with Crippen LogP contribution in [0.5, 0.6) is 0 Å². The Morgan fingerprint density at radius 1 is 1.16 bits per heavy atom. The first-order chi connectivity index (χ1) is 12.1. The molecule has 2 aromatic heterocycles. The van der Waals surface area contributed by atoms with E-state index < -0.39 is 0 Å². The number of rotatable bonds is 8. The number of hydrogen-bond donors (Lipinski definition) is 1. The van der Waals surface area contributed by atoms with Gasteiger partial charge in [-0.25, -0.2) is 0 Å². The third-order valence-electron chi connectivity index (χ3n) is 3.87. The highest BCUT2D eigenvalue weighted by Crippen LogP contribution is 2.16. The number of hydrogen-bond acceptors (Lipinski definition) is 7.